The SMILES string of the molecule is CCN(CC)S(=O)(=O)c1ccc(NC(=O)CCNC(C)=O)cc1. The fourth-order valence-corrected chi connectivity index (χ4v) is 3.46. The van der Waals surface area contributed by atoms with Crippen molar-refractivity contribution in [3.05, 3.63) is 24.3 Å². The van der Waals surface area contributed by atoms with Gasteiger partial charge in [-0.1, -0.05) is 13.8 Å². The molecule has 2 N–H and O–H groups in total. The minimum atomic E-state index is -3.50. The molecule has 1 aromatic carbocycles. The van der Waals surface area contributed by atoms with Crippen molar-refractivity contribution in [2.75, 3.05) is 25.0 Å². The Bertz CT molecular complexity index is 637. The molecule has 1 rings (SSSR count). The molecule has 7 nitrogen and oxygen atoms in total. The highest BCUT2D eigenvalue weighted by atomic mass is 32.2. The van der Waals surface area contributed by atoms with E-state index in [0.29, 0.717) is 18.8 Å². The van der Waals surface area contributed by atoms with Crippen LogP contribution in [0.2, 0.25) is 0 Å². The first kappa shape index (κ1) is 19.1. The van der Waals surface area contributed by atoms with Crippen molar-refractivity contribution in [3.63, 3.8) is 0 Å². The maximum absolute atomic E-state index is 12.3. The lowest BCUT2D eigenvalue weighted by atomic mass is 10.3. The molecule has 0 unspecified atom stereocenters. The molecular weight excluding hydrogens is 318 g/mol. The third-order valence-electron chi connectivity index (χ3n) is 3.21. The smallest absolute Gasteiger partial charge is 0.243 e. The predicted molar refractivity (Wildman–Crippen MR) is 88.5 cm³/mol. The monoisotopic (exact) mass is 341 g/mol. The molecule has 0 saturated carbocycles. The summed E-state index contributed by atoms with van der Waals surface area (Å²) < 4.78 is 26.0. The minimum absolute atomic E-state index is 0.152. The second kappa shape index (κ2) is 8.64. The average molecular weight is 341 g/mol. The van der Waals surface area contributed by atoms with Crippen molar-refractivity contribution >= 4 is 27.5 Å². The van der Waals surface area contributed by atoms with Crippen molar-refractivity contribution in [1.29, 1.82) is 0 Å². The van der Waals surface area contributed by atoms with E-state index < -0.39 is 10.0 Å². The summed E-state index contributed by atoms with van der Waals surface area (Å²) in [7, 11) is -3.50. The molecule has 0 aliphatic heterocycles. The first-order valence-electron chi connectivity index (χ1n) is 7.45. The van der Waals surface area contributed by atoms with Crippen molar-refractivity contribution in [3.8, 4) is 0 Å². The number of sulfonamides is 1. The zero-order valence-electron chi connectivity index (χ0n) is 13.6. The number of amides is 2. The van der Waals surface area contributed by atoms with E-state index in [0.717, 1.165) is 0 Å². The van der Waals surface area contributed by atoms with Crippen LogP contribution >= 0.6 is 0 Å². The number of anilines is 1. The van der Waals surface area contributed by atoms with E-state index in [1.165, 1.54) is 23.4 Å². The van der Waals surface area contributed by atoms with Crippen LogP contribution in [0.3, 0.4) is 0 Å². The molecule has 0 aliphatic rings. The average Bonchev–Trinajstić information content (AvgIpc) is 2.48. The molecular formula is C15H23N3O4S. The van der Waals surface area contributed by atoms with Crippen LogP contribution in [0.1, 0.15) is 27.2 Å². The Morgan fingerprint density at radius 3 is 2.13 bits per heavy atom. The maximum Gasteiger partial charge on any atom is 0.243 e. The number of hydrogen-bond donors (Lipinski definition) is 2. The minimum Gasteiger partial charge on any atom is -0.356 e. The van der Waals surface area contributed by atoms with Crippen molar-refractivity contribution in [2.24, 2.45) is 0 Å². The summed E-state index contributed by atoms with van der Waals surface area (Å²) in [5.74, 6) is -0.443. The van der Waals surface area contributed by atoms with Gasteiger partial charge in [-0.25, -0.2) is 8.42 Å². The molecule has 0 bridgehead atoms. The van der Waals surface area contributed by atoms with Gasteiger partial charge < -0.3 is 10.6 Å². The molecule has 2 amide bonds. The summed E-state index contributed by atoms with van der Waals surface area (Å²) in [5.41, 5.74) is 0.510. The van der Waals surface area contributed by atoms with Crippen molar-refractivity contribution in [1.82, 2.24) is 9.62 Å². The Balaban J connectivity index is 2.70. The number of nitrogens with one attached hydrogen (secondary N) is 2. The number of carbonyl (C=O) groups excluding carboxylic acids is 2. The lowest BCUT2D eigenvalue weighted by Gasteiger charge is -2.18. The molecule has 0 aliphatic carbocycles. The summed E-state index contributed by atoms with van der Waals surface area (Å²) in [4.78, 5) is 22.6. The van der Waals surface area contributed by atoms with E-state index in [1.54, 1.807) is 26.0 Å². The van der Waals surface area contributed by atoms with Crippen LogP contribution in [0, 0.1) is 0 Å². The van der Waals surface area contributed by atoms with E-state index in [4.69, 9.17) is 0 Å². The van der Waals surface area contributed by atoms with Crippen LogP contribution in [0.5, 0.6) is 0 Å². The fraction of sp³-hybridized carbons (Fsp3) is 0.467. The molecule has 0 spiro atoms. The number of hydrogen-bond acceptors (Lipinski definition) is 4. The highest BCUT2D eigenvalue weighted by molar-refractivity contribution is 7.89. The number of rotatable bonds is 8. The largest absolute Gasteiger partial charge is 0.356 e. The summed E-state index contributed by atoms with van der Waals surface area (Å²) in [6.45, 7) is 6.01. The quantitative estimate of drug-likeness (QED) is 0.742. The van der Waals surface area contributed by atoms with Crippen molar-refractivity contribution < 1.29 is 18.0 Å². The van der Waals surface area contributed by atoms with Gasteiger partial charge in [0, 0.05) is 38.7 Å². The van der Waals surface area contributed by atoms with Gasteiger partial charge in [-0.2, -0.15) is 4.31 Å². The van der Waals surface area contributed by atoms with Crippen LogP contribution < -0.4 is 10.6 Å². The van der Waals surface area contributed by atoms with Crippen LogP contribution in [-0.2, 0) is 19.6 Å². The van der Waals surface area contributed by atoms with E-state index in [-0.39, 0.29) is 29.7 Å². The molecule has 1 aromatic rings. The topological polar surface area (TPSA) is 95.6 Å². The summed E-state index contributed by atoms with van der Waals surface area (Å²) in [6.07, 6.45) is 0.152. The molecule has 0 atom stereocenters. The Kier molecular flexibility index (Phi) is 7.18. The third-order valence-corrected chi connectivity index (χ3v) is 5.27. The number of benzene rings is 1. The van der Waals surface area contributed by atoms with E-state index in [1.807, 2.05) is 0 Å². The second-order valence-electron chi connectivity index (χ2n) is 4.89. The summed E-state index contributed by atoms with van der Waals surface area (Å²) in [5, 5.41) is 5.18. The molecule has 0 saturated heterocycles. The Labute approximate surface area is 137 Å². The van der Waals surface area contributed by atoms with Gasteiger partial charge in [-0.15, -0.1) is 0 Å². The Hall–Kier alpha value is -1.93. The first-order chi connectivity index (χ1) is 10.8. The van der Waals surface area contributed by atoms with Crippen LogP contribution in [0.15, 0.2) is 29.2 Å². The number of carbonyl (C=O) groups is 2. The second-order valence-corrected chi connectivity index (χ2v) is 6.83. The van der Waals surface area contributed by atoms with Gasteiger partial charge in [0.15, 0.2) is 0 Å². The standard InChI is InChI=1S/C15H23N3O4S/c1-4-18(5-2)23(21,22)14-8-6-13(7-9-14)17-15(20)10-11-16-12(3)19/h6-9H,4-5,10-11H2,1-3H3,(H,16,19)(H,17,20). The third kappa shape index (κ3) is 5.65. The summed E-state index contributed by atoms with van der Waals surface area (Å²) >= 11 is 0. The molecule has 0 aromatic heterocycles. The Morgan fingerprint density at radius 2 is 1.65 bits per heavy atom. The van der Waals surface area contributed by atoms with Crippen LogP contribution in [0.4, 0.5) is 5.69 Å². The predicted octanol–water partition coefficient (Wildman–Crippen LogP) is 1.18. The van der Waals surface area contributed by atoms with Gasteiger partial charge in [-0.05, 0) is 24.3 Å². The lowest BCUT2D eigenvalue weighted by Crippen LogP contribution is -2.30. The van der Waals surface area contributed by atoms with E-state index >= 15 is 0 Å². The van der Waals surface area contributed by atoms with Crippen LogP contribution in [-0.4, -0.2) is 44.2 Å². The highest BCUT2D eigenvalue weighted by Crippen LogP contribution is 2.18. The van der Waals surface area contributed by atoms with E-state index in [9.17, 15) is 18.0 Å². The Morgan fingerprint density at radius 1 is 1.09 bits per heavy atom. The molecule has 23 heavy (non-hydrogen) atoms. The molecule has 0 radical (unpaired) electrons. The highest BCUT2D eigenvalue weighted by Gasteiger charge is 2.21. The molecule has 128 valence electrons. The van der Waals surface area contributed by atoms with Gasteiger partial charge in [0.05, 0.1) is 4.90 Å². The molecule has 0 fully saturated rings. The van der Waals surface area contributed by atoms with E-state index in [2.05, 4.69) is 10.6 Å². The normalized spacial score (nSPS) is 11.3. The maximum atomic E-state index is 12.3. The fourth-order valence-electron chi connectivity index (χ4n) is 2.00. The lowest BCUT2D eigenvalue weighted by molar-refractivity contribution is -0.119. The van der Waals surface area contributed by atoms with Gasteiger partial charge in [-0.3, -0.25) is 9.59 Å². The zero-order chi connectivity index (χ0) is 17.5. The van der Waals surface area contributed by atoms with Crippen molar-refractivity contribution in [2.45, 2.75) is 32.1 Å². The van der Waals surface area contributed by atoms with Gasteiger partial charge in [0.2, 0.25) is 21.8 Å². The zero-order valence-corrected chi connectivity index (χ0v) is 14.4. The van der Waals surface area contributed by atoms with Gasteiger partial charge >= 0.3 is 0 Å². The number of nitrogens with zero attached hydrogens (tertiary/aromatic N) is 1. The van der Waals surface area contributed by atoms with Gasteiger partial charge in [0.1, 0.15) is 0 Å². The summed E-state index contributed by atoms with van der Waals surface area (Å²) in [6, 6.07) is 6.04. The molecule has 8 heteroatoms. The van der Waals surface area contributed by atoms with Crippen LogP contribution in [0.25, 0.3) is 0 Å². The molecule has 0 heterocycles. The van der Waals surface area contributed by atoms with Gasteiger partial charge in [0.25, 0.3) is 0 Å². The first-order valence-corrected chi connectivity index (χ1v) is 8.89.